The van der Waals surface area contributed by atoms with Gasteiger partial charge in [-0.2, -0.15) is 0 Å². The van der Waals surface area contributed by atoms with Crippen LogP contribution in [0.25, 0.3) is 0 Å². The summed E-state index contributed by atoms with van der Waals surface area (Å²) in [4.78, 5) is 11.0. The molecule has 0 aliphatic carbocycles. The van der Waals surface area contributed by atoms with E-state index in [-0.39, 0.29) is 0 Å². The predicted molar refractivity (Wildman–Crippen MR) is 71.4 cm³/mol. The summed E-state index contributed by atoms with van der Waals surface area (Å²) in [5, 5.41) is 10.6. The molecule has 1 aliphatic heterocycles. The SMILES string of the molecule is Cc1cnc(CC2(O)CCN(C(C)C)CC2)cn1. The second kappa shape index (κ2) is 5.33. The zero-order valence-corrected chi connectivity index (χ0v) is 11.6. The first kappa shape index (κ1) is 13.4. The van der Waals surface area contributed by atoms with Crippen molar-refractivity contribution in [2.45, 2.75) is 51.7 Å². The molecular weight excluding hydrogens is 226 g/mol. The van der Waals surface area contributed by atoms with Gasteiger partial charge in [-0.05, 0) is 33.6 Å². The molecule has 0 aromatic carbocycles. The third-order valence-electron chi connectivity index (χ3n) is 3.80. The maximum atomic E-state index is 10.6. The van der Waals surface area contributed by atoms with E-state index in [1.807, 2.05) is 6.92 Å². The molecule has 0 bridgehead atoms. The topological polar surface area (TPSA) is 49.3 Å². The minimum atomic E-state index is -0.602. The summed E-state index contributed by atoms with van der Waals surface area (Å²) in [5.74, 6) is 0. The van der Waals surface area contributed by atoms with Crippen molar-refractivity contribution in [2.24, 2.45) is 0 Å². The lowest BCUT2D eigenvalue weighted by molar-refractivity contribution is -0.0278. The van der Waals surface area contributed by atoms with E-state index in [0.29, 0.717) is 12.5 Å². The van der Waals surface area contributed by atoms with Crippen molar-refractivity contribution < 1.29 is 5.11 Å². The van der Waals surface area contributed by atoms with Gasteiger partial charge in [-0.3, -0.25) is 9.97 Å². The minimum Gasteiger partial charge on any atom is -0.389 e. The van der Waals surface area contributed by atoms with E-state index >= 15 is 0 Å². The zero-order chi connectivity index (χ0) is 13.2. The summed E-state index contributed by atoms with van der Waals surface area (Å²) >= 11 is 0. The molecule has 0 spiro atoms. The molecular formula is C14H23N3O. The van der Waals surface area contributed by atoms with Crippen LogP contribution in [-0.4, -0.2) is 44.7 Å². The van der Waals surface area contributed by atoms with Gasteiger partial charge in [-0.15, -0.1) is 0 Å². The number of aliphatic hydroxyl groups is 1. The molecule has 18 heavy (non-hydrogen) atoms. The van der Waals surface area contributed by atoms with Crippen LogP contribution in [0.5, 0.6) is 0 Å². The maximum absolute atomic E-state index is 10.6. The third-order valence-corrected chi connectivity index (χ3v) is 3.80. The van der Waals surface area contributed by atoms with Crippen LogP contribution in [0.15, 0.2) is 12.4 Å². The van der Waals surface area contributed by atoms with E-state index in [1.54, 1.807) is 12.4 Å². The summed E-state index contributed by atoms with van der Waals surface area (Å²) in [5.41, 5.74) is 1.21. The normalized spacial score (nSPS) is 20.3. The predicted octanol–water partition coefficient (Wildman–Crippen LogP) is 1.56. The van der Waals surface area contributed by atoms with E-state index in [1.165, 1.54) is 0 Å². The molecule has 1 N–H and O–H groups in total. The van der Waals surface area contributed by atoms with Gasteiger partial charge in [0, 0.05) is 37.9 Å². The van der Waals surface area contributed by atoms with Crippen LogP contribution in [0.4, 0.5) is 0 Å². The van der Waals surface area contributed by atoms with Gasteiger partial charge >= 0.3 is 0 Å². The lowest BCUT2D eigenvalue weighted by atomic mass is 9.86. The Labute approximate surface area is 109 Å². The fraction of sp³-hybridized carbons (Fsp3) is 0.714. The van der Waals surface area contributed by atoms with Crippen LogP contribution in [0.2, 0.25) is 0 Å². The number of rotatable bonds is 3. The van der Waals surface area contributed by atoms with E-state index in [9.17, 15) is 5.11 Å². The molecule has 4 heteroatoms. The summed E-state index contributed by atoms with van der Waals surface area (Å²) < 4.78 is 0. The molecule has 0 unspecified atom stereocenters. The van der Waals surface area contributed by atoms with Crippen molar-refractivity contribution in [3.05, 3.63) is 23.8 Å². The van der Waals surface area contributed by atoms with Crippen LogP contribution in [0.3, 0.4) is 0 Å². The first-order valence-corrected chi connectivity index (χ1v) is 6.72. The summed E-state index contributed by atoms with van der Waals surface area (Å²) in [6.45, 7) is 8.26. The molecule has 1 saturated heterocycles. The van der Waals surface area contributed by atoms with Gasteiger partial charge in [0.15, 0.2) is 0 Å². The van der Waals surface area contributed by atoms with Crippen LogP contribution in [0, 0.1) is 6.92 Å². The Morgan fingerprint density at radius 2 is 1.94 bits per heavy atom. The van der Waals surface area contributed by atoms with Gasteiger partial charge in [-0.25, -0.2) is 0 Å². The van der Waals surface area contributed by atoms with Gasteiger partial charge in [0.1, 0.15) is 0 Å². The third kappa shape index (κ3) is 3.27. The van der Waals surface area contributed by atoms with Crippen LogP contribution < -0.4 is 0 Å². The molecule has 2 rings (SSSR count). The number of piperidine rings is 1. The van der Waals surface area contributed by atoms with Crippen molar-refractivity contribution in [1.82, 2.24) is 14.9 Å². The number of nitrogens with zero attached hydrogens (tertiary/aromatic N) is 3. The molecule has 1 aliphatic rings. The fourth-order valence-corrected chi connectivity index (χ4v) is 2.48. The van der Waals surface area contributed by atoms with Crippen molar-refractivity contribution in [3.63, 3.8) is 0 Å². The molecule has 4 nitrogen and oxygen atoms in total. The summed E-state index contributed by atoms with van der Waals surface area (Å²) in [7, 11) is 0. The molecule has 0 saturated carbocycles. The average molecular weight is 249 g/mol. The van der Waals surface area contributed by atoms with E-state index in [4.69, 9.17) is 0 Å². The first-order valence-electron chi connectivity index (χ1n) is 6.72. The lowest BCUT2D eigenvalue weighted by Crippen LogP contribution is -2.47. The molecule has 0 radical (unpaired) electrons. The average Bonchev–Trinajstić information content (AvgIpc) is 2.32. The molecule has 1 aromatic rings. The van der Waals surface area contributed by atoms with Gasteiger partial charge in [0.05, 0.1) is 17.0 Å². The highest BCUT2D eigenvalue weighted by molar-refractivity contribution is 5.05. The second-order valence-electron chi connectivity index (χ2n) is 5.68. The summed E-state index contributed by atoms with van der Waals surface area (Å²) in [6, 6.07) is 0.564. The van der Waals surface area contributed by atoms with Gasteiger partial charge in [0.2, 0.25) is 0 Å². The Bertz CT molecular complexity index is 381. The summed E-state index contributed by atoms with van der Waals surface area (Å²) in [6.07, 6.45) is 5.80. The maximum Gasteiger partial charge on any atom is 0.0728 e. The molecule has 2 heterocycles. The van der Waals surface area contributed by atoms with Crippen LogP contribution in [0.1, 0.15) is 38.1 Å². The second-order valence-corrected chi connectivity index (χ2v) is 5.68. The van der Waals surface area contributed by atoms with Crippen molar-refractivity contribution in [1.29, 1.82) is 0 Å². The minimum absolute atomic E-state index is 0.564. The number of likely N-dealkylation sites (tertiary alicyclic amines) is 1. The quantitative estimate of drug-likeness (QED) is 0.883. The van der Waals surface area contributed by atoms with Crippen molar-refractivity contribution >= 4 is 0 Å². The van der Waals surface area contributed by atoms with Gasteiger partial charge in [0.25, 0.3) is 0 Å². The standard InChI is InChI=1S/C14H23N3O/c1-11(2)17-6-4-14(18,5-7-17)8-13-10-15-12(3)9-16-13/h9-11,18H,4-8H2,1-3H3. The van der Waals surface area contributed by atoms with Crippen molar-refractivity contribution in [3.8, 4) is 0 Å². The number of hydrogen-bond donors (Lipinski definition) is 1. The highest BCUT2D eigenvalue weighted by atomic mass is 16.3. The zero-order valence-electron chi connectivity index (χ0n) is 11.6. The van der Waals surface area contributed by atoms with Crippen molar-refractivity contribution in [2.75, 3.05) is 13.1 Å². The van der Waals surface area contributed by atoms with Gasteiger partial charge in [-0.1, -0.05) is 0 Å². The smallest absolute Gasteiger partial charge is 0.0728 e. The van der Waals surface area contributed by atoms with Crippen LogP contribution >= 0.6 is 0 Å². The van der Waals surface area contributed by atoms with E-state index < -0.39 is 5.60 Å². The van der Waals surface area contributed by atoms with E-state index in [2.05, 4.69) is 28.7 Å². The molecule has 0 atom stereocenters. The Hall–Kier alpha value is -1.00. The van der Waals surface area contributed by atoms with Crippen LogP contribution in [-0.2, 0) is 6.42 Å². The fourth-order valence-electron chi connectivity index (χ4n) is 2.48. The highest BCUT2D eigenvalue weighted by Gasteiger charge is 2.33. The van der Waals surface area contributed by atoms with E-state index in [0.717, 1.165) is 37.3 Å². The largest absolute Gasteiger partial charge is 0.389 e. The molecule has 1 fully saturated rings. The first-order chi connectivity index (χ1) is 8.48. The lowest BCUT2D eigenvalue weighted by Gasteiger charge is -2.39. The molecule has 1 aromatic heterocycles. The molecule has 0 amide bonds. The highest BCUT2D eigenvalue weighted by Crippen LogP contribution is 2.26. The Morgan fingerprint density at radius 3 is 2.44 bits per heavy atom. The molecule has 100 valence electrons. The van der Waals surface area contributed by atoms with Gasteiger partial charge < -0.3 is 10.0 Å². The number of hydrogen-bond acceptors (Lipinski definition) is 4. The Morgan fingerprint density at radius 1 is 1.28 bits per heavy atom. The number of aromatic nitrogens is 2. The Kier molecular flexibility index (Phi) is 3.97. The monoisotopic (exact) mass is 249 g/mol. The Balaban J connectivity index is 1.95. The number of aryl methyl sites for hydroxylation is 1.